The summed E-state index contributed by atoms with van der Waals surface area (Å²) in [5.41, 5.74) is 6.13. The molecule has 0 aromatic heterocycles. The first-order valence-electron chi connectivity index (χ1n) is 7.10. The van der Waals surface area contributed by atoms with Crippen molar-refractivity contribution in [1.82, 2.24) is 4.90 Å². The molecule has 1 atom stereocenters. The Morgan fingerprint density at radius 3 is 2.25 bits per heavy atom. The lowest BCUT2D eigenvalue weighted by Gasteiger charge is -2.31. The molecule has 2 nitrogen and oxygen atoms in total. The first kappa shape index (κ1) is 15.3. The van der Waals surface area contributed by atoms with Crippen molar-refractivity contribution in [3.63, 3.8) is 0 Å². The Morgan fingerprint density at radius 1 is 1.25 bits per heavy atom. The molecule has 5 heteroatoms. The van der Waals surface area contributed by atoms with E-state index >= 15 is 0 Å². The van der Waals surface area contributed by atoms with Crippen molar-refractivity contribution in [1.29, 1.82) is 0 Å². The highest BCUT2D eigenvalue weighted by molar-refractivity contribution is 5.27. The van der Waals surface area contributed by atoms with E-state index in [-0.39, 0.29) is 6.04 Å². The lowest BCUT2D eigenvalue weighted by atomic mass is 10.0. The molecular weight excluding hydrogens is 265 g/mol. The smallest absolute Gasteiger partial charge is 0.329 e. The van der Waals surface area contributed by atoms with E-state index in [2.05, 4.69) is 11.8 Å². The van der Waals surface area contributed by atoms with Crippen LogP contribution in [0.2, 0.25) is 0 Å². The average molecular weight is 286 g/mol. The third-order valence-corrected chi connectivity index (χ3v) is 3.74. The highest BCUT2D eigenvalue weighted by atomic mass is 19.4. The molecule has 1 saturated carbocycles. The van der Waals surface area contributed by atoms with E-state index in [4.69, 9.17) is 5.73 Å². The summed E-state index contributed by atoms with van der Waals surface area (Å²) < 4.78 is 37.8. The van der Waals surface area contributed by atoms with Crippen molar-refractivity contribution in [3.8, 4) is 0 Å². The van der Waals surface area contributed by atoms with Crippen LogP contribution in [-0.2, 0) is 6.18 Å². The van der Waals surface area contributed by atoms with Gasteiger partial charge in [0, 0.05) is 18.6 Å². The molecule has 1 aromatic carbocycles. The minimum absolute atomic E-state index is 0.0183. The predicted octanol–water partition coefficient (Wildman–Crippen LogP) is 3.58. The minimum Gasteiger partial charge on any atom is -0.329 e. The van der Waals surface area contributed by atoms with E-state index < -0.39 is 11.7 Å². The van der Waals surface area contributed by atoms with Gasteiger partial charge < -0.3 is 5.73 Å². The number of alkyl halides is 3. The van der Waals surface area contributed by atoms with Gasteiger partial charge in [-0.3, -0.25) is 4.90 Å². The van der Waals surface area contributed by atoms with Crippen molar-refractivity contribution in [2.45, 2.75) is 44.4 Å². The SMILES string of the molecule is CCCN(C1CC1)C(CN)c1ccc(C(F)(F)F)cc1. The van der Waals surface area contributed by atoms with Crippen LogP contribution in [0.5, 0.6) is 0 Å². The Kier molecular flexibility index (Phi) is 4.70. The number of benzene rings is 1. The zero-order valence-corrected chi connectivity index (χ0v) is 11.7. The van der Waals surface area contributed by atoms with Crippen LogP contribution in [-0.4, -0.2) is 24.0 Å². The third kappa shape index (κ3) is 3.52. The monoisotopic (exact) mass is 286 g/mol. The average Bonchev–Trinajstić information content (AvgIpc) is 3.22. The fourth-order valence-electron chi connectivity index (χ4n) is 2.61. The van der Waals surface area contributed by atoms with Gasteiger partial charge in [-0.2, -0.15) is 13.2 Å². The van der Waals surface area contributed by atoms with Gasteiger partial charge in [0.25, 0.3) is 0 Å². The molecule has 1 unspecified atom stereocenters. The van der Waals surface area contributed by atoms with Gasteiger partial charge in [-0.1, -0.05) is 19.1 Å². The number of nitrogens with zero attached hydrogens (tertiary/aromatic N) is 1. The lowest BCUT2D eigenvalue weighted by Crippen LogP contribution is -2.36. The maximum Gasteiger partial charge on any atom is 0.416 e. The van der Waals surface area contributed by atoms with Gasteiger partial charge in [-0.05, 0) is 43.5 Å². The van der Waals surface area contributed by atoms with Crippen molar-refractivity contribution in [2.75, 3.05) is 13.1 Å². The summed E-state index contributed by atoms with van der Waals surface area (Å²) >= 11 is 0. The number of hydrogen-bond acceptors (Lipinski definition) is 2. The molecule has 2 N–H and O–H groups in total. The molecule has 1 fully saturated rings. The third-order valence-electron chi connectivity index (χ3n) is 3.74. The fraction of sp³-hybridized carbons (Fsp3) is 0.600. The van der Waals surface area contributed by atoms with E-state index in [1.807, 2.05) is 0 Å². The van der Waals surface area contributed by atoms with Gasteiger partial charge in [-0.25, -0.2) is 0 Å². The van der Waals surface area contributed by atoms with Crippen LogP contribution < -0.4 is 5.73 Å². The van der Waals surface area contributed by atoms with E-state index in [0.717, 1.165) is 43.5 Å². The number of halogens is 3. The predicted molar refractivity (Wildman–Crippen MR) is 73.3 cm³/mol. The standard InChI is InChI=1S/C15H21F3N2/c1-2-9-20(13-7-8-13)14(10-19)11-3-5-12(6-4-11)15(16,17)18/h3-6,13-14H,2,7-10,19H2,1H3. The molecular formula is C15H21F3N2. The maximum absolute atomic E-state index is 12.6. The van der Waals surface area contributed by atoms with Gasteiger partial charge in [-0.15, -0.1) is 0 Å². The van der Waals surface area contributed by atoms with Gasteiger partial charge >= 0.3 is 6.18 Å². The van der Waals surface area contributed by atoms with Crippen molar-refractivity contribution >= 4 is 0 Å². The summed E-state index contributed by atoms with van der Waals surface area (Å²) in [4.78, 5) is 2.34. The minimum atomic E-state index is -4.28. The molecule has 0 saturated heterocycles. The lowest BCUT2D eigenvalue weighted by molar-refractivity contribution is -0.137. The topological polar surface area (TPSA) is 29.3 Å². The zero-order valence-electron chi connectivity index (χ0n) is 11.7. The van der Waals surface area contributed by atoms with Crippen molar-refractivity contribution in [3.05, 3.63) is 35.4 Å². The maximum atomic E-state index is 12.6. The first-order valence-corrected chi connectivity index (χ1v) is 7.10. The molecule has 1 aromatic rings. The van der Waals surface area contributed by atoms with Crippen LogP contribution >= 0.6 is 0 Å². The summed E-state index contributed by atoms with van der Waals surface area (Å²) in [5, 5.41) is 0. The highest BCUT2D eigenvalue weighted by Gasteiger charge is 2.34. The zero-order chi connectivity index (χ0) is 14.8. The van der Waals surface area contributed by atoms with E-state index in [1.165, 1.54) is 0 Å². The highest BCUT2D eigenvalue weighted by Crippen LogP contribution is 2.35. The Bertz CT molecular complexity index is 424. The van der Waals surface area contributed by atoms with E-state index in [0.29, 0.717) is 12.6 Å². The second kappa shape index (κ2) is 6.14. The number of rotatable bonds is 6. The molecule has 0 spiro atoms. The molecule has 1 aliphatic rings. The second-order valence-corrected chi connectivity index (χ2v) is 5.34. The van der Waals surface area contributed by atoms with Crippen LogP contribution in [0.3, 0.4) is 0 Å². The molecule has 1 aliphatic carbocycles. The summed E-state index contributed by atoms with van der Waals surface area (Å²) in [6.45, 7) is 3.48. The summed E-state index contributed by atoms with van der Waals surface area (Å²) in [7, 11) is 0. The van der Waals surface area contributed by atoms with Gasteiger partial charge in [0.15, 0.2) is 0 Å². The Hall–Kier alpha value is -1.07. The quantitative estimate of drug-likeness (QED) is 0.866. The second-order valence-electron chi connectivity index (χ2n) is 5.34. The fourth-order valence-corrected chi connectivity index (χ4v) is 2.61. The Morgan fingerprint density at radius 2 is 1.85 bits per heavy atom. The molecule has 112 valence electrons. The summed E-state index contributed by atoms with van der Waals surface area (Å²) in [5.74, 6) is 0. The molecule has 0 bridgehead atoms. The van der Waals surface area contributed by atoms with E-state index in [1.54, 1.807) is 12.1 Å². The van der Waals surface area contributed by atoms with Crippen molar-refractivity contribution in [2.24, 2.45) is 5.73 Å². The van der Waals surface area contributed by atoms with Crippen LogP contribution in [0.15, 0.2) is 24.3 Å². The molecule has 0 aliphatic heterocycles. The molecule has 0 radical (unpaired) electrons. The van der Waals surface area contributed by atoms with Crippen LogP contribution in [0, 0.1) is 0 Å². The largest absolute Gasteiger partial charge is 0.416 e. The van der Waals surface area contributed by atoms with Crippen LogP contribution in [0.4, 0.5) is 13.2 Å². The van der Waals surface area contributed by atoms with Gasteiger partial charge in [0.05, 0.1) is 5.56 Å². The summed E-state index contributed by atoms with van der Waals surface area (Å²) in [6.07, 6.45) is -0.932. The van der Waals surface area contributed by atoms with Crippen molar-refractivity contribution < 1.29 is 13.2 Å². The molecule has 0 heterocycles. The van der Waals surface area contributed by atoms with Gasteiger partial charge in [0.2, 0.25) is 0 Å². The van der Waals surface area contributed by atoms with Gasteiger partial charge in [0.1, 0.15) is 0 Å². The summed E-state index contributed by atoms with van der Waals surface area (Å²) in [6, 6.07) is 5.98. The molecule has 0 amide bonds. The normalized spacial score (nSPS) is 17.5. The Balaban J connectivity index is 2.18. The first-order chi connectivity index (χ1) is 9.47. The number of nitrogens with two attached hydrogens (primary N) is 1. The molecule has 2 rings (SSSR count). The van der Waals surface area contributed by atoms with Crippen LogP contribution in [0.25, 0.3) is 0 Å². The van der Waals surface area contributed by atoms with E-state index in [9.17, 15) is 13.2 Å². The molecule has 20 heavy (non-hydrogen) atoms. The number of hydrogen-bond donors (Lipinski definition) is 1. The Labute approximate surface area is 117 Å². The van der Waals surface area contributed by atoms with Crippen LogP contribution in [0.1, 0.15) is 43.4 Å².